The number of pyridine rings is 1. The van der Waals surface area contributed by atoms with Crippen molar-refractivity contribution in [3.05, 3.63) is 36.8 Å². The Morgan fingerprint density at radius 3 is 2.47 bits per heavy atom. The Morgan fingerprint density at radius 2 is 1.71 bits per heavy atom. The lowest BCUT2D eigenvalue weighted by Gasteiger charge is -2.34. The third-order valence-corrected chi connectivity index (χ3v) is 8.12. The summed E-state index contributed by atoms with van der Waals surface area (Å²) < 4.78 is 12.0. The highest BCUT2D eigenvalue weighted by Gasteiger charge is 2.30. The molecule has 1 aromatic carbocycles. The van der Waals surface area contributed by atoms with E-state index < -0.39 is 0 Å². The molecule has 2 aliphatic heterocycles. The van der Waals surface area contributed by atoms with E-state index in [2.05, 4.69) is 31.2 Å². The molecule has 3 aromatic rings. The number of nitrogens with zero attached hydrogens (tertiary/aromatic N) is 5. The number of likely N-dealkylation sites (tertiary alicyclic amines) is 1. The van der Waals surface area contributed by atoms with E-state index in [0.29, 0.717) is 17.4 Å². The van der Waals surface area contributed by atoms with Gasteiger partial charge in [-0.1, -0.05) is 12.8 Å². The number of benzene rings is 1. The lowest BCUT2D eigenvalue weighted by Crippen LogP contribution is -2.44. The maximum absolute atomic E-state index is 12.8. The van der Waals surface area contributed by atoms with Gasteiger partial charge in [0.05, 0.1) is 18.8 Å². The molecule has 3 aliphatic rings. The predicted molar refractivity (Wildman–Crippen MR) is 147 cm³/mol. The lowest BCUT2D eigenvalue weighted by molar-refractivity contribution is -0.137. The lowest BCUT2D eigenvalue weighted by atomic mass is 10.0. The summed E-state index contributed by atoms with van der Waals surface area (Å²) >= 11 is 0. The van der Waals surface area contributed by atoms with Crippen LogP contribution in [0.15, 0.2) is 36.8 Å². The van der Waals surface area contributed by atoms with Gasteiger partial charge in [-0.3, -0.25) is 4.79 Å². The molecule has 2 saturated heterocycles. The van der Waals surface area contributed by atoms with Crippen LogP contribution in [0.5, 0.6) is 11.5 Å². The molecule has 3 fully saturated rings. The van der Waals surface area contributed by atoms with Crippen molar-refractivity contribution < 1.29 is 14.3 Å². The highest BCUT2D eigenvalue weighted by molar-refractivity contribution is 5.92. The Morgan fingerprint density at radius 1 is 0.921 bits per heavy atom. The summed E-state index contributed by atoms with van der Waals surface area (Å²) in [5.41, 5.74) is 1.65. The van der Waals surface area contributed by atoms with Gasteiger partial charge in [0.2, 0.25) is 5.91 Å². The number of fused-ring (bicyclic) bond motifs is 1. The number of carbonyl (C=O) groups is 1. The van der Waals surface area contributed by atoms with Gasteiger partial charge in [0.25, 0.3) is 0 Å². The number of ether oxygens (including phenoxy) is 2. The first kappa shape index (κ1) is 24.7. The molecule has 38 heavy (non-hydrogen) atoms. The average molecular weight is 517 g/mol. The fourth-order valence-corrected chi connectivity index (χ4v) is 5.95. The third-order valence-electron chi connectivity index (χ3n) is 8.12. The van der Waals surface area contributed by atoms with Crippen molar-refractivity contribution in [2.75, 3.05) is 43.5 Å². The number of hydrogen-bond donors (Lipinski definition) is 1. The number of amides is 1. The van der Waals surface area contributed by atoms with E-state index in [-0.39, 0.29) is 12.0 Å². The topological polar surface area (TPSA) is 92.7 Å². The molecule has 4 heterocycles. The Kier molecular flexibility index (Phi) is 7.16. The number of hydrogen-bond acceptors (Lipinski definition) is 8. The second kappa shape index (κ2) is 11.0. The minimum atomic E-state index is 0.0673. The summed E-state index contributed by atoms with van der Waals surface area (Å²) in [7, 11) is 1.66. The van der Waals surface area contributed by atoms with Crippen LogP contribution < -0.4 is 19.7 Å². The summed E-state index contributed by atoms with van der Waals surface area (Å²) in [4.78, 5) is 30.6. The number of piperidine rings is 1. The summed E-state index contributed by atoms with van der Waals surface area (Å²) in [6.07, 6.45) is 12.0. The smallest absolute Gasteiger partial charge is 0.225 e. The summed E-state index contributed by atoms with van der Waals surface area (Å²) in [6, 6.07) is 7.93. The van der Waals surface area contributed by atoms with Crippen LogP contribution in [0.3, 0.4) is 0 Å². The molecule has 0 bridgehead atoms. The molecule has 6 rings (SSSR count). The first-order valence-corrected chi connectivity index (χ1v) is 13.9. The molecule has 1 aliphatic carbocycles. The van der Waals surface area contributed by atoms with Crippen LogP contribution in [0.25, 0.3) is 10.9 Å². The van der Waals surface area contributed by atoms with E-state index in [9.17, 15) is 4.79 Å². The fourth-order valence-electron chi connectivity index (χ4n) is 5.95. The summed E-state index contributed by atoms with van der Waals surface area (Å²) in [6.45, 7) is 3.58. The SMILES string of the molecule is COc1cc(Nc2ncnc3cnc(N4CCCC4)cc23)ccc1OC1CCN(C(=O)C2CCCC2)CC1. The normalized spacial score (nSPS) is 18.8. The zero-order chi connectivity index (χ0) is 25.9. The fraction of sp³-hybridized carbons (Fsp3) is 0.517. The maximum Gasteiger partial charge on any atom is 0.225 e. The Labute approximate surface area is 223 Å². The Bertz CT molecular complexity index is 1280. The predicted octanol–water partition coefficient (Wildman–Crippen LogP) is 4.94. The van der Waals surface area contributed by atoms with Crippen molar-refractivity contribution in [2.24, 2.45) is 5.92 Å². The van der Waals surface area contributed by atoms with Crippen molar-refractivity contribution in [3.63, 3.8) is 0 Å². The van der Waals surface area contributed by atoms with Gasteiger partial charge < -0.3 is 24.6 Å². The zero-order valence-electron chi connectivity index (χ0n) is 22.1. The van der Waals surface area contributed by atoms with Crippen LogP contribution in [-0.4, -0.2) is 65.2 Å². The van der Waals surface area contributed by atoms with Gasteiger partial charge in [-0.25, -0.2) is 15.0 Å². The van der Waals surface area contributed by atoms with Crippen LogP contribution in [0.2, 0.25) is 0 Å². The molecule has 1 N–H and O–H groups in total. The van der Waals surface area contributed by atoms with Crippen molar-refractivity contribution >= 4 is 34.1 Å². The quantitative estimate of drug-likeness (QED) is 0.472. The van der Waals surface area contributed by atoms with E-state index in [4.69, 9.17) is 9.47 Å². The molecule has 1 amide bonds. The average Bonchev–Trinajstić information content (AvgIpc) is 3.69. The minimum absolute atomic E-state index is 0.0673. The summed E-state index contributed by atoms with van der Waals surface area (Å²) in [5.74, 6) is 3.65. The van der Waals surface area contributed by atoms with E-state index in [1.54, 1.807) is 13.4 Å². The first-order valence-electron chi connectivity index (χ1n) is 13.9. The van der Waals surface area contributed by atoms with Crippen LogP contribution >= 0.6 is 0 Å². The molecule has 0 radical (unpaired) electrons. The molecule has 9 heteroatoms. The van der Waals surface area contributed by atoms with Gasteiger partial charge in [-0.15, -0.1) is 0 Å². The Hall–Kier alpha value is -3.62. The third kappa shape index (κ3) is 5.19. The highest BCUT2D eigenvalue weighted by Crippen LogP contribution is 2.35. The number of methoxy groups -OCH3 is 1. The molecular formula is C29H36N6O3. The van der Waals surface area contributed by atoms with Gasteiger partial charge in [0.15, 0.2) is 11.5 Å². The van der Waals surface area contributed by atoms with E-state index in [1.165, 1.54) is 25.7 Å². The molecule has 2 aromatic heterocycles. The molecule has 0 spiro atoms. The number of carbonyl (C=O) groups excluding carboxylic acids is 1. The van der Waals surface area contributed by atoms with E-state index in [1.807, 2.05) is 29.3 Å². The van der Waals surface area contributed by atoms with Crippen LogP contribution in [0.4, 0.5) is 17.3 Å². The molecule has 0 atom stereocenters. The van der Waals surface area contributed by atoms with Gasteiger partial charge in [0, 0.05) is 62.1 Å². The Balaban J connectivity index is 1.13. The molecule has 0 unspecified atom stereocenters. The van der Waals surface area contributed by atoms with Crippen molar-refractivity contribution in [2.45, 2.75) is 57.5 Å². The highest BCUT2D eigenvalue weighted by atomic mass is 16.5. The number of anilines is 3. The molecule has 200 valence electrons. The van der Waals surface area contributed by atoms with Gasteiger partial charge in [-0.2, -0.15) is 0 Å². The van der Waals surface area contributed by atoms with Gasteiger partial charge in [0.1, 0.15) is 24.1 Å². The van der Waals surface area contributed by atoms with E-state index >= 15 is 0 Å². The van der Waals surface area contributed by atoms with Crippen molar-refractivity contribution in [1.29, 1.82) is 0 Å². The summed E-state index contributed by atoms with van der Waals surface area (Å²) in [5, 5.41) is 4.37. The molecule has 9 nitrogen and oxygen atoms in total. The van der Waals surface area contributed by atoms with Crippen LogP contribution in [-0.2, 0) is 4.79 Å². The first-order chi connectivity index (χ1) is 18.7. The number of nitrogens with one attached hydrogen (secondary N) is 1. The zero-order valence-corrected chi connectivity index (χ0v) is 22.1. The largest absolute Gasteiger partial charge is 0.493 e. The van der Waals surface area contributed by atoms with Crippen molar-refractivity contribution in [3.8, 4) is 11.5 Å². The van der Waals surface area contributed by atoms with Crippen LogP contribution in [0.1, 0.15) is 51.4 Å². The second-order valence-corrected chi connectivity index (χ2v) is 10.6. The molecule has 1 saturated carbocycles. The van der Waals surface area contributed by atoms with Gasteiger partial charge >= 0.3 is 0 Å². The van der Waals surface area contributed by atoms with E-state index in [0.717, 1.165) is 80.1 Å². The van der Waals surface area contributed by atoms with Crippen LogP contribution in [0, 0.1) is 5.92 Å². The number of rotatable bonds is 7. The second-order valence-electron chi connectivity index (χ2n) is 10.6. The minimum Gasteiger partial charge on any atom is -0.493 e. The monoisotopic (exact) mass is 516 g/mol. The standard InChI is InChI=1S/C29H36N6O3/c1-37-26-16-21(33-28-23-17-27(34-12-4-5-13-34)30-18-24(23)31-19-32-28)8-9-25(26)38-22-10-14-35(15-11-22)29(36)20-6-2-3-7-20/h8-9,16-20,22H,2-7,10-15H2,1H3,(H,31,32,33). The van der Waals surface area contributed by atoms with Crippen molar-refractivity contribution in [1.82, 2.24) is 19.9 Å². The number of aromatic nitrogens is 3. The molecular weight excluding hydrogens is 480 g/mol. The van der Waals surface area contributed by atoms with Gasteiger partial charge in [-0.05, 0) is 43.9 Å². The maximum atomic E-state index is 12.8.